The molecule has 0 aliphatic heterocycles. The molecule has 0 bridgehead atoms. The zero-order valence-corrected chi connectivity index (χ0v) is 17.3. The summed E-state index contributed by atoms with van der Waals surface area (Å²) in [5, 5.41) is 4.96. The Morgan fingerprint density at radius 2 is 1.86 bits per heavy atom. The molecule has 6 nitrogen and oxygen atoms in total. The molecular weight excluding hydrogens is 415 g/mol. The van der Waals surface area contributed by atoms with Gasteiger partial charge in [-0.15, -0.1) is 0 Å². The summed E-state index contributed by atoms with van der Waals surface area (Å²) >= 11 is 12.1. The van der Waals surface area contributed by atoms with Gasteiger partial charge in [-0.05, 0) is 48.0 Å². The Balaban J connectivity index is 1.60. The number of carbonyl (C=O) groups excluding carboxylic acids is 1. The average molecular weight is 433 g/mol. The van der Waals surface area contributed by atoms with E-state index in [1.807, 2.05) is 0 Å². The minimum Gasteiger partial charge on any atom is -0.493 e. The molecule has 3 rings (SSSR count). The molecule has 0 saturated heterocycles. The number of hydrogen-bond acceptors (Lipinski definition) is 5. The number of nitrogens with zero attached hydrogens (tertiary/aromatic N) is 1. The van der Waals surface area contributed by atoms with Gasteiger partial charge >= 0.3 is 0 Å². The van der Waals surface area contributed by atoms with Crippen molar-refractivity contribution in [3.05, 3.63) is 69.9 Å². The lowest BCUT2D eigenvalue weighted by Crippen LogP contribution is -2.19. The molecule has 8 heteroatoms. The molecule has 1 N–H and O–H groups in total. The highest BCUT2D eigenvalue weighted by molar-refractivity contribution is 6.36. The minimum absolute atomic E-state index is 0.140. The summed E-state index contributed by atoms with van der Waals surface area (Å²) in [6, 6.07) is 13.9. The fourth-order valence-corrected chi connectivity index (χ4v) is 3.14. The van der Waals surface area contributed by atoms with Crippen molar-refractivity contribution in [1.82, 2.24) is 5.43 Å². The number of hydrazone groups is 1. The van der Waals surface area contributed by atoms with E-state index in [-0.39, 0.29) is 12.3 Å². The molecule has 0 spiro atoms. The summed E-state index contributed by atoms with van der Waals surface area (Å²) in [6.45, 7) is 0. The molecular formula is C21H18Cl2N2O4. The van der Waals surface area contributed by atoms with Crippen LogP contribution in [0.1, 0.15) is 11.3 Å². The SMILES string of the molecule is COc1ccc(CC(=O)N/N=C/c2ccc(-c3ccc(Cl)cc3Cl)o2)cc1OC. The number of halogens is 2. The van der Waals surface area contributed by atoms with Gasteiger partial charge in [0.15, 0.2) is 11.5 Å². The standard InChI is InChI=1S/C21H18Cl2N2O4/c1-27-19-7-3-13(9-20(19)28-2)10-21(26)25-24-12-15-5-8-18(29-15)16-6-4-14(22)11-17(16)23/h3-9,11-12H,10H2,1-2H3,(H,25,26)/b24-12+. The third kappa shape index (κ3) is 5.31. The van der Waals surface area contributed by atoms with E-state index >= 15 is 0 Å². The van der Waals surface area contributed by atoms with Gasteiger partial charge in [-0.25, -0.2) is 5.43 Å². The minimum atomic E-state index is -0.277. The van der Waals surface area contributed by atoms with Gasteiger partial charge in [-0.2, -0.15) is 5.10 Å². The predicted molar refractivity (Wildman–Crippen MR) is 113 cm³/mol. The number of nitrogens with one attached hydrogen (secondary N) is 1. The zero-order valence-electron chi connectivity index (χ0n) is 15.7. The van der Waals surface area contributed by atoms with Gasteiger partial charge in [0.25, 0.3) is 0 Å². The smallest absolute Gasteiger partial charge is 0.244 e. The molecule has 2 aromatic carbocycles. The second-order valence-corrected chi connectivity index (χ2v) is 6.83. The highest BCUT2D eigenvalue weighted by atomic mass is 35.5. The highest BCUT2D eigenvalue weighted by Gasteiger charge is 2.10. The molecule has 3 aromatic rings. The Bertz CT molecular complexity index is 1050. The maximum Gasteiger partial charge on any atom is 0.244 e. The van der Waals surface area contributed by atoms with Gasteiger partial charge in [-0.3, -0.25) is 4.79 Å². The van der Waals surface area contributed by atoms with Crippen LogP contribution in [0, 0.1) is 0 Å². The number of furan rings is 1. The normalized spacial score (nSPS) is 10.9. The van der Waals surface area contributed by atoms with Gasteiger partial charge in [-0.1, -0.05) is 29.3 Å². The summed E-state index contributed by atoms with van der Waals surface area (Å²) in [5.41, 5.74) is 3.96. The van der Waals surface area contributed by atoms with E-state index in [4.69, 9.17) is 37.1 Å². The van der Waals surface area contributed by atoms with Crippen LogP contribution < -0.4 is 14.9 Å². The van der Waals surface area contributed by atoms with Gasteiger partial charge in [0.05, 0.1) is 31.9 Å². The summed E-state index contributed by atoms with van der Waals surface area (Å²) in [6.07, 6.45) is 1.56. The Morgan fingerprint density at radius 3 is 2.59 bits per heavy atom. The summed E-state index contributed by atoms with van der Waals surface area (Å²) in [5.74, 6) is 1.93. The summed E-state index contributed by atoms with van der Waals surface area (Å²) < 4.78 is 16.1. The number of ether oxygens (including phenoxy) is 2. The second-order valence-electron chi connectivity index (χ2n) is 5.99. The first kappa shape index (κ1) is 20.8. The Kier molecular flexibility index (Phi) is 6.80. The fourth-order valence-electron chi connectivity index (χ4n) is 2.64. The molecule has 0 aliphatic carbocycles. The first-order chi connectivity index (χ1) is 14.0. The van der Waals surface area contributed by atoms with Crippen molar-refractivity contribution in [2.45, 2.75) is 6.42 Å². The Hall–Kier alpha value is -2.96. The second kappa shape index (κ2) is 9.49. The van der Waals surface area contributed by atoms with Crippen LogP contribution in [0.3, 0.4) is 0 Å². The van der Waals surface area contributed by atoms with E-state index in [0.717, 1.165) is 5.56 Å². The van der Waals surface area contributed by atoms with Crippen molar-refractivity contribution in [2.75, 3.05) is 14.2 Å². The van der Waals surface area contributed by atoms with E-state index in [9.17, 15) is 4.79 Å². The van der Waals surface area contributed by atoms with Gasteiger partial charge in [0, 0.05) is 10.6 Å². The molecule has 0 atom stereocenters. The van der Waals surface area contributed by atoms with Crippen LogP contribution in [-0.2, 0) is 11.2 Å². The molecule has 0 aliphatic rings. The lowest BCUT2D eigenvalue weighted by Gasteiger charge is -2.09. The quantitative estimate of drug-likeness (QED) is 0.422. The van der Waals surface area contributed by atoms with E-state index in [1.165, 1.54) is 6.21 Å². The number of amides is 1. The molecule has 1 heterocycles. The number of rotatable bonds is 7. The van der Waals surface area contributed by atoms with Crippen molar-refractivity contribution < 1.29 is 18.7 Å². The first-order valence-corrected chi connectivity index (χ1v) is 9.34. The van der Waals surface area contributed by atoms with Gasteiger partial charge in [0.2, 0.25) is 5.91 Å². The van der Waals surface area contributed by atoms with Crippen LogP contribution in [0.4, 0.5) is 0 Å². The molecule has 150 valence electrons. The van der Waals surface area contributed by atoms with Crippen molar-refractivity contribution >= 4 is 35.3 Å². The predicted octanol–water partition coefficient (Wildman–Crippen LogP) is 4.96. The average Bonchev–Trinajstić information content (AvgIpc) is 3.16. The monoisotopic (exact) mass is 432 g/mol. The van der Waals surface area contributed by atoms with Crippen LogP contribution in [0.15, 0.2) is 58.0 Å². The van der Waals surface area contributed by atoms with Crippen molar-refractivity contribution in [2.24, 2.45) is 5.10 Å². The van der Waals surface area contributed by atoms with Crippen molar-refractivity contribution in [3.8, 4) is 22.8 Å². The maximum atomic E-state index is 12.1. The van der Waals surface area contributed by atoms with Crippen LogP contribution in [0.2, 0.25) is 10.0 Å². The third-order valence-corrected chi connectivity index (χ3v) is 4.56. The molecule has 0 radical (unpaired) electrons. The largest absolute Gasteiger partial charge is 0.493 e. The molecule has 0 fully saturated rings. The van der Waals surface area contributed by atoms with Crippen molar-refractivity contribution in [1.29, 1.82) is 0 Å². The number of benzene rings is 2. The number of carbonyl (C=O) groups is 1. The Morgan fingerprint density at radius 1 is 1.07 bits per heavy atom. The summed E-state index contributed by atoms with van der Waals surface area (Å²) in [7, 11) is 3.10. The fraction of sp³-hybridized carbons (Fsp3) is 0.143. The van der Waals surface area contributed by atoms with Crippen LogP contribution >= 0.6 is 23.2 Å². The first-order valence-electron chi connectivity index (χ1n) is 8.58. The molecule has 29 heavy (non-hydrogen) atoms. The van der Waals surface area contributed by atoms with Crippen LogP contribution in [-0.4, -0.2) is 26.3 Å². The number of methoxy groups -OCH3 is 2. The third-order valence-electron chi connectivity index (χ3n) is 4.02. The van der Waals surface area contributed by atoms with Gasteiger partial charge < -0.3 is 13.9 Å². The van der Waals surface area contributed by atoms with E-state index in [0.29, 0.717) is 38.6 Å². The lowest BCUT2D eigenvalue weighted by atomic mass is 10.1. The highest BCUT2D eigenvalue weighted by Crippen LogP contribution is 2.31. The van der Waals surface area contributed by atoms with Crippen molar-refractivity contribution in [3.63, 3.8) is 0 Å². The van der Waals surface area contributed by atoms with Gasteiger partial charge in [0.1, 0.15) is 11.5 Å². The topological polar surface area (TPSA) is 73.1 Å². The summed E-state index contributed by atoms with van der Waals surface area (Å²) in [4.78, 5) is 12.1. The maximum absolute atomic E-state index is 12.1. The molecule has 0 unspecified atom stereocenters. The molecule has 1 amide bonds. The van der Waals surface area contributed by atoms with E-state index < -0.39 is 0 Å². The Labute approximate surface area is 178 Å². The molecule has 0 saturated carbocycles. The lowest BCUT2D eigenvalue weighted by molar-refractivity contribution is -0.120. The van der Waals surface area contributed by atoms with E-state index in [1.54, 1.807) is 62.8 Å². The number of hydrogen-bond donors (Lipinski definition) is 1. The van der Waals surface area contributed by atoms with Crippen LogP contribution in [0.5, 0.6) is 11.5 Å². The van der Waals surface area contributed by atoms with Crippen LogP contribution in [0.25, 0.3) is 11.3 Å². The van der Waals surface area contributed by atoms with E-state index in [2.05, 4.69) is 10.5 Å². The molecule has 1 aromatic heterocycles. The zero-order chi connectivity index (χ0) is 20.8.